The summed E-state index contributed by atoms with van der Waals surface area (Å²) in [6.07, 6.45) is 5.30. The predicted octanol–water partition coefficient (Wildman–Crippen LogP) is 5.83. The van der Waals surface area contributed by atoms with E-state index in [4.69, 9.17) is 11.6 Å². The quantitative estimate of drug-likeness (QED) is 0.598. The molecular formula is C17H25Cl. The lowest BCUT2D eigenvalue weighted by molar-refractivity contribution is 0.139. The lowest BCUT2D eigenvalue weighted by atomic mass is 9.63. The number of hydrogen-bond donors (Lipinski definition) is 0. The molecule has 0 heterocycles. The number of halogens is 1. The van der Waals surface area contributed by atoms with Gasteiger partial charge < -0.3 is 0 Å². The molecule has 1 aliphatic carbocycles. The first-order valence-electron chi connectivity index (χ1n) is 7.07. The van der Waals surface area contributed by atoms with Crippen molar-refractivity contribution in [3.05, 3.63) is 34.9 Å². The van der Waals surface area contributed by atoms with Crippen LogP contribution in [0.3, 0.4) is 0 Å². The summed E-state index contributed by atoms with van der Waals surface area (Å²) in [5.74, 6) is 0.873. The van der Waals surface area contributed by atoms with Crippen LogP contribution in [0.5, 0.6) is 0 Å². The molecule has 18 heavy (non-hydrogen) atoms. The summed E-state index contributed by atoms with van der Waals surface area (Å²) in [5.41, 5.74) is 2.27. The van der Waals surface area contributed by atoms with E-state index in [1.54, 1.807) is 0 Å². The SMILES string of the molecule is CC1(c2ccc(Cl)cc2)CCC(C(C)(C)C)CC1. The van der Waals surface area contributed by atoms with Crippen LogP contribution in [-0.2, 0) is 5.41 Å². The van der Waals surface area contributed by atoms with Gasteiger partial charge in [-0.15, -0.1) is 0 Å². The highest BCUT2D eigenvalue weighted by Gasteiger charge is 2.36. The summed E-state index contributed by atoms with van der Waals surface area (Å²) in [6, 6.07) is 8.47. The lowest BCUT2D eigenvalue weighted by Gasteiger charge is -2.42. The second-order valence-electron chi connectivity index (χ2n) is 7.21. The van der Waals surface area contributed by atoms with E-state index in [1.165, 1.54) is 31.2 Å². The fourth-order valence-corrected chi connectivity index (χ4v) is 3.39. The maximum Gasteiger partial charge on any atom is 0.0406 e. The maximum atomic E-state index is 5.98. The summed E-state index contributed by atoms with van der Waals surface area (Å²) >= 11 is 5.98. The van der Waals surface area contributed by atoms with Gasteiger partial charge in [0.25, 0.3) is 0 Å². The molecule has 0 saturated heterocycles. The minimum atomic E-state index is 0.354. The molecule has 2 rings (SSSR count). The van der Waals surface area contributed by atoms with Crippen LogP contribution in [0.1, 0.15) is 58.9 Å². The Hall–Kier alpha value is -0.490. The van der Waals surface area contributed by atoms with Gasteiger partial charge in [-0.05, 0) is 60.1 Å². The molecule has 0 unspecified atom stereocenters. The monoisotopic (exact) mass is 264 g/mol. The van der Waals surface area contributed by atoms with Crippen LogP contribution in [0.15, 0.2) is 24.3 Å². The van der Waals surface area contributed by atoms with E-state index < -0.39 is 0 Å². The topological polar surface area (TPSA) is 0 Å². The van der Waals surface area contributed by atoms with Crippen LogP contribution in [0, 0.1) is 11.3 Å². The molecular weight excluding hydrogens is 240 g/mol. The van der Waals surface area contributed by atoms with Gasteiger partial charge in [0.05, 0.1) is 0 Å². The second kappa shape index (κ2) is 4.89. The van der Waals surface area contributed by atoms with E-state index in [0.717, 1.165) is 10.9 Å². The zero-order valence-corrected chi connectivity index (χ0v) is 12.8. The van der Waals surface area contributed by atoms with Gasteiger partial charge in [-0.3, -0.25) is 0 Å². The van der Waals surface area contributed by atoms with Crippen molar-refractivity contribution in [2.24, 2.45) is 11.3 Å². The van der Waals surface area contributed by atoms with Crippen molar-refractivity contribution in [3.8, 4) is 0 Å². The van der Waals surface area contributed by atoms with E-state index in [1.807, 2.05) is 12.1 Å². The molecule has 0 nitrogen and oxygen atoms in total. The van der Waals surface area contributed by atoms with Crippen LogP contribution < -0.4 is 0 Å². The Bertz CT molecular complexity index is 389. The Balaban J connectivity index is 2.10. The Morgan fingerprint density at radius 2 is 1.56 bits per heavy atom. The average molecular weight is 265 g/mol. The molecule has 0 aromatic heterocycles. The highest BCUT2D eigenvalue weighted by Crippen LogP contribution is 2.46. The average Bonchev–Trinajstić information content (AvgIpc) is 2.29. The van der Waals surface area contributed by atoms with Crippen molar-refractivity contribution >= 4 is 11.6 Å². The van der Waals surface area contributed by atoms with Crippen molar-refractivity contribution in [1.29, 1.82) is 0 Å². The van der Waals surface area contributed by atoms with Gasteiger partial charge in [0.1, 0.15) is 0 Å². The molecule has 100 valence electrons. The van der Waals surface area contributed by atoms with E-state index >= 15 is 0 Å². The smallest absolute Gasteiger partial charge is 0.0406 e. The minimum absolute atomic E-state index is 0.354. The summed E-state index contributed by atoms with van der Waals surface area (Å²) in [5, 5.41) is 0.839. The normalized spacial score (nSPS) is 29.3. The summed E-state index contributed by atoms with van der Waals surface area (Å²) in [7, 11) is 0. The lowest BCUT2D eigenvalue weighted by Crippen LogP contribution is -2.33. The molecule has 1 aliphatic rings. The Morgan fingerprint density at radius 3 is 2.00 bits per heavy atom. The minimum Gasteiger partial charge on any atom is -0.0843 e. The first kappa shape index (κ1) is 13.9. The number of benzene rings is 1. The van der Waals surface area contributed by atoms with E-state index in [2.05, 4.69) is 39.8 Å². The van der Waals surface area contributed by atoms with Crippen LogP contribution in [0.4, 0.5) is 0 Å². The largest absolute Gasteiger partial charge is 0.0843 e. The van der Waals surface area contributed by atoms with Gasteiger partial charge in [-0.25, -0.2) is 0 Å². The molecule has 1 aromatic carbocycles. The Morgan fingerprint density at radius 1 is 1.06 bits per heavy atom. The zero-order valence-electron chi connectivity index (χ0n) is 12.1. The summed E-state index contributed by atoms with van der Waals surface area (Å²) < 4.78 is 0. The third kappa shape index (κ3) is 2.91. The molecule has 1 aromatic rings. The van der Waals surface area contributed by atoms with Crippen LogP contribution in [-0.4, -0.2) is 0 Å². The Labute approximate surface area is 117 Å². The van der Waals surface area contributed by atoms with Crippen molar-refractivity contribution in [2.75, 3.05) is 0 Å². The number of hydrogen-bond acceptors (Lipinski definition) is 0. The molecule has 1 heteroatoms. The van der Waals surface area contributed by atoms with Gasteiger partial charge in [0.15, 0.2) is 0 Å². The van der Waals surface area contributed by atoms with Crippen LogP contribution >= 0.6 is 11.6 Å². The third-order valence-electron chi connectivity index (χ3n) is 4.86. The van der Waals surface area contributed by atoms with Crippen molar-refractivity contribution in [2.45, 2.75) is 58.8 Å². The molecule has 0 aliphatic heterocycles. The standard InChI is InChI=1S/C17H25Cl/c1-16(2,3)13-9-11-17(4,12-10-13)14-5-7-15(18)8-6-14/h5-8,13H,9-12H2,1-4H3. The van der Waals surface area contributed by atoms with Gasteiger partial charge in [-0.1, -0.05) is 51.4 Å². The third-order valence-corrected chi connectivity index (χ3v) is 5.11. The first-order valence-corrected chi connectivity index (χ1v) is 7.45. The summed E-state index contributed by atoms with van der Waals surface area (Å²) in [4.78, 5) is 0. The molecule has 0 radical (unpaired) electrons. The molecule has 1 saturated carbocycles. The molecule has 0 atom stereocenters. The van der Waals surface area contributed by atoms with E-state index in [-0.39, 0.29) is 0 Å². The van der Waals surface area contributed by atoms with Crippen LogP contribution in [0.2, 0.25) is 5.02 Å². The maximum absolute atomic E-state index is 5.98. The van der Waals surface area contributed by atoms with Crippen LogP contribution in [0.25, 0.3) is 0 Å². The first-order chi connectivity index (χ1) is 8.31. The van der Waals surface area contributed by atoms with Crippen molar-refractivity contribution in [3.63, 3.8) is 0 Å². The fraction of sp³-hybridized carbons (Fsp3) is 0.647. The molecule has 0 amide bonds. The molecule has 0 N–H and O–H groups in total. The highest BCUT2D eigenvalue weighted by molar-refractivity contribution is 6.30. The van der Waals surface area contributed by atoms with Crippen molar-refractivity contribution in [1.82, 2.24) is 0 Å². The van der Waals surface area contributed by atoms with Crippen molar-refractivity contribution < 1.29 is 0 Å². The second-order valence-corrected chi connectivity index (χ2v) is 7.64. The zero-order chi connectivity index (χ0) is 13.4. The fourth-order valence-electron chi connectivity index (χ4n) is 3.26. The molecule has 1 fully saturated rings. The highest BCUT2D eigenvalue weighted by atomic mass is 35.5. The van der Waals surface area contributed by atoms with Gasteiger partial charge >= 0.3 is 0 Å². The predicted molar refractivity (Wildman–Crippen MR) is 80.2 cm³/mol. The van der Waals surface area contributed by atoms with Gasteiger partial charge in [0, 0.05) is 5.02 Å². The Kier molecular flexibility index (Phi) is 3.78. The molecule has 0 spiro atoms. The summed E-state index contributed by atoms with van der Waals surface area (Å²) in [6.45, 7) is 9.54. The number of rotatable bonds is 1. The van der Waals surface area contributed by atoms with E-state index in [0.29, 0.717) is 10.8 Å². The van der Waals surface area contributed by atoms with Gasteiger partial charge in [0.2, 0.25) is 0 Å². The van der Waals surface area contributed by atoms with E-state index in [9.17, 15) is 0 Å². The van der Waals surface area contributed by atoms with Gasteiger partial charge in [-0.2, -0.15) is 0 Å². The molecule has 0 bridgehead atoms.